The van der Waals surface area contributed by atoms with Crippen LogP contribution in [0.3, 0.4) is 0 Å². The molecule has 0 aliphatic rings. The zero-order chi connectivity index (χ0) is 9.90. The highest BCUT2D eigenvalue weighted by Crippen LogP contribution is 2.30. The van der Waals surface area contributed by atoms with E-state index in [9.17, 15) is 0 Å². The van der Waals surface area contributed by atoms with Crippen LogP contribution in [-0.4, -0.2) is 5.88 Å². The van der Waals surface area contributed by atoms with E-state index >= 15 is 0 Å². The Balaban J connectivity index is 3.05. The minimum Gasteiger partial charge on any atom is -0.126 e. The highest BCUT2D eigenvalue weighted by atomic mass is 35.5. The molecule has 1 rings (SSSR count). The van der Waals surface area contributed by atoms with Crippen LogP contribution < -0.4 is 0 Å². The maximum Gasteiger partial charge on any atom is 0.0641 e. The van der Waals surface area contributed by atoms with Gasteiger partial charge in [-0.05, 0) is 31.4 Å². The summed E-state index contributed by atoms with van der Waals surface area (Å²) in [6.45, 7) is 4.00. The average Bonchev–Trinajstić information content (AvgIpc) is 2.04. The van der Waals surface area contributed by atoms with E-state index in [2.05, 4.69) is 12.1 Å². The summed E-state index contributed by atoms with van der Waals surface area (Å²) in [5.41, 5.74) is 2.43. The molecule has 13 heavy (non-hydrogen) atoms. The SMILES string of the molecule is CC(C)(Cl)c1ccccc1CCCl. The molecule has 0 spiro atoms. The molecule has 2 heteroatoms. The molecule has 0 radical (unpaired) electrons. The third-order valence-electron chi connectivity index (χ3n) is 2.02. The van der Waals surface area contributed by atoms with Crippen LogP contribution in [0.5, 0.6) is 0 Å². The van der Waals surface area contributed by atoms with Crippen molar-refractivity contribution in [1.29, 1.82) is 0 Å². The van der Waals surface area contributed by atoms with Gasteiger partial charge in [0.25, 0.3) is 0 Å². The molecule has 1 aromatic rings. The molecule has 0 nitrogen and oxygen atoms in total. The summed E-state index contributed by atoms with van der Waals surface area (Å²) in [4.78, 5) is -0.303. The van der Waals surface area contributed by atoms with Crippen molar-refractivity contribution in [3.8, 4) is 0 Å². The zero-order valence-electron chi connectivity index (χ0n) is 7.98. The normalized spacial score (nSPS) is 11.7. The number of rotatable bonds is 3. The van der Waals surface area contributed by atoms with Crippen molar-refractivity contribution < 1.29 is 0 Å². The number of benzene rings is 1. The quantitative estimate of drug-likeness (QED) is 0.672. The van der Waals surface area contributed by atoms with Crippen LogP contribution in [0.2, 0.25) is 0 Å². The fourth-order valence-electron chi connectivity index (χ4n) is 1.42. The molecule has 0 atom stereocenters. The Morgan fingerprint density at radius 1 is 1.23 bits per heavy atom. The van der Waals surface area contributed by atoms with Crippen LogP contribution in [0.4, 0.5) is 0 Å². The van der Waals surface area contributed by atoms with Crippen LogP contribution in [0, 0.1) is 0 Å². The topological polar surface area (TPSA) is 0 Å². The molecule has 0 bridgehead atoms. The molecule has 0 saturated carbocycles. The molecule has 0 aliphatic heterocycles. The van der Waals surface area contributed by atoms with E-state index < -0.39 is 0 Å². The Hall–Kier alpha value is -0.200. The van der Waals surface area contributed by atoms with Crippen LogP contribution in [0.15, 0.2) is 24.3 Å². The Morgan fingerprint density at radius 3 is 2.38 bits per heavy atom. The predicted octanol–water partition coefficient (Wildman–Crippen LogP) is 3.94. The first-order valence-corrected chi connectivity index (χ1v) is 5.30. The van der Waals surface area contributed by atoms with Crippen molar-refractivity contribution in [2.24, 2.45) is 0 Å². The number of aryl methyl sites for hydroxylation is 1. The van der Waals surface area contributed by atoms with E-state index in [0.29, 0.717) is 5.88 Å². The number of halogens is 2. The summed E-state index contributed by atoms with van der Waals surface area (Å²) in [7, 11) is 0. The lowest BCUT2D eigenvalue weighted by Gasteiger charge is -2.20. The molecular formula is C11H14Cl2. The van der Waals surface area contributed by atoms with Gasteiger partial charge >= 0.3 is 0 Å². The Morgan fingerprint density at radius 2 is 1.85 bits per heavy atom. The van der Waals surface area contributed by atoms with Crippen LogP contribution in [0.1, 0.15) is 25.0 Å². The highest BCUT2D eigenvalue weighted by Gasteiger charge is 2.19. The second-order valence-electron chi connectivity index (χ2n) is 3.57. The van der Waals surface area contributed by atoms with Crippen LogP contribution in [-0.2, 0) is 11.3 Å². The van der Waals surface area contributed by atoms with E-state index in [1.165, 1.54) is 11.1 Å². The van der Waals surface area contributed by atoms with Crippen molar-refractivity contribution >= 4 is 23.2 Å². The maximum atomic E-state index is 6.26. The summed E-state index contributed by atoms with van der Waals surface area (Å²) in [6, 6.07) is 8.18. The number of hydrogen-bond donors (Lipinski definition) is 0. The summed E-state index contributed by atoms with van der Waals surface area (Å²) in [6.07, 6.45) is 0.883. The van der Waals surface area contributed by atoms with Gasteiger partial charge in [0.05, 0.1) is 4.87 Å². The first-order chi connectivity index (χ1) is 6.05. The van der Waals surface area contributed by atoms with Gasteiger partial charge in [-0.25, -0.2) is 0 Å². The van der Waals surface area contributed by atoms with Crippen molar-refractivity contribution in [2.75, 3.05) is 5.88 Å². The third kappa shape index (κ3) is 2.89. The van der Waals surface area contributed by atoms with Gasteiger partial charge in [-0.15, -0.1) is 23.2 Å². The van der Waals surface area contributed by atoms with Crippen molar-refractivity contribution in [3.63, 3.8) is 0 Å². The first-order valence-electron chi connectivity index (χ1n) is 4.39. The average molecular weight is 217 g/mol. The second-order valence-corrected chi connectivity index (χ2v) is 4.89. The minimum absolute atomic E-state index is 0.303. The monoisotopic (exact) mass is 216 g/mol. The zero-order valence-corrected chi connectivity index (χ0v) is 9.49. The molecule has 0 fully saturated rings. The lowest BCUT2D eigenvalue weighted by Crippen LogP contribution is -2.11. The molecule has 0 unspecified atom stereocenters. The summed E-state index contributed by atoms with van der Waals surface area (Å²) in [5.74, 6) is 0.643. The first kappa shape index (κ1) is 10.9. The molecule has 0 aliphatic carbocycles. The lowest BCUT2D eigenvalue weighted by atomic mass is 9.95. The van der Waals surface area contributed by atoms with Crippen molar-refractivity contribution in [3.05, 3.63) is 35.4 Å². The molecule has 0 heterocycles. The number of hydrogen-bond acceptors (Lipinski definition) is 0. The van der Waals surface area contributed by atoms with E-state index in [4.69, 9.17) is 23.2 Å². The maximum absolute atomic E-state index is 6.26. The van der Waals surface area contributed by atoms with Gasteiger partial charge in [0, 0.05) is 5.88 Å². The molecule has 72 valence electrons. The number of alkyl halides is 2. The van der Waals surface area contributed by atoms with Crippen molar-refractivity contribution in [2.45, 2.75) is 25.1 Å². The fourth-order valence-corrected chi connectivity index (χ4v) is 1.81. The van der Waals surface area contributed by atoms with Gasteiger partial charge in [-0.2, -0.15) is 0 Å². The predicted molar refractivity (Wildman–Crippen MR) is 59.7 cm³/mol. The van der Waals surface area contributed by atoms with Gasteiger partial charge < -0.3 is 0 Å². The van der Waals surface area contributed by atoms with E-state index in [-0.39, 0.29) is 4.87 Å². The summed E-state index contributed by atoms with van der Waals surface area (Å²) >= 11 is 12.0. The molecule has 0 N–H and O–H groups in total. The largest absolute Gasteiger partial charge is 0.126 e. The minimum atomic E-state index is -0.303. The molecule has 0 saturated heterocycles. The standard InChI is InChI=1S/C11H14Cl2/c1-11(2,13)10-6-4-3-5-9(10)7-8-12/h3-6H,7-8H2,1-2H3. The Labute approximate surface area is 89.9 Å². The molecule has 0 aromatic heterocycles. The molecular weight excluding hydrogens is 203 g/mol. The van der Waals surface area contributed by atoms with Gasteiger partial charge in [0.1, 0.15) is 0 Å². The smallest absolute Gasteiger partial charge is 0.0641 e. The van der Waals surface area contributed by atoms with Crippen LogP contribution >= 0.6 is 23.2 Å². The van der Waals surface area contributed by atoms with Gasteiger partial charge in [-0.3, -0.25) is 0 Å². The second kappa shape index (κ2) is 4.34. The highest BCUT2D eigenvalue weighted by molar-refractivity contribution is 6.23. The Kier molecular flexibility index (Phi) is 3.63. The van der Waals surface area contributed by atoms with Gasteiger partial charge in [0.15, 0.2) is 0 Å². The van der Waals surface area contributed by atoms with Crippen LogP contribution in [0.25, 0.3) is 0 Å². The van der Waals surface area contributed by atoms with Gasteiger partial charge in [-0.1, -0.05) is 24.3 Å². The van der Waals surface area contributed by atoms with Crippen molar-refractivity contribution in [1.82, 2.24) is 0 Å². The fraction of sp³-hybridized carbons (Fsp3) is 0.455. The van der Waals surface area contributed by atoms with E-state index in [0.717, 1.165) is 6.42 Å². The summed E-state index contributed by atoms with van der Waals surface area (Å²) in [5, 5.41) is 0. The van der Waals surface area contributed by atoms with E-state index in [1.807, 2.05) is 26.0 Å². The third-order valence-corrected chi connectivity index (χ3v) is 2.41. The molecule has 1 aromatic carbocycles. The summed E-state index contributed by atoms with van der Waals surface area (Å²) < 4.78 is 0. The Bertz CT molecular complexity index is 274. The molecule has 0 amide bonds. The lowest BCUT2D eigenvalue weighted by molar-refractivity contribution is 0.752. The van der Waals surface area contributed by atoms with Gasteiger partial charge in [0.2, 0.25) is 0 Å². The van der Waals surface area contributed by atoms with E-state index in [1.54, 1.807) is 0 Å².